The summed E-state index contributed by atoms with van der Waals surface area (Å²) in [6.07, 6.45) is 1.80. The second-order valence-corrected chi connectivity index (χ2v) is 3.63. The molecule has 0 amide bonds. The maximum Gasteiger partial charge on any atom is 0.251 e. The summed E-state index contributed by atoms with van der Waals surface area (Å²) >= 11 is 0. The molecule has 1 saturated carbocycles. The largest absolute Gasteiger partial charge is 0.251 e. The molecule has 10 heavy (non-hydrogen) atoms. The molecule has 0 nitrogen and oxygen atoms in total. The van der Waals surface area contributed by atoms with Gasteiger partial charge in [-0.3, -0.25) is 0 Å². The van der Waals surface area contributed by atoms with E-state index in [0.717, 1.165) is 6.42 Å². The average molecular weight is 148 g/mol. The average Bonchev–Trinajstić information content (AvgIpc) is 2.35. The summed E-state index contributed by atoms with van der Waals surface area (Å²) in [4.78, 5) is 0. The Morgan fingerprint density at radius 3 is 2.30 bits per heavy atom. The Bertz CT molecular complexity index is 118. The molecule has 60 valence electrons. The van der Waals surface area contributed by atoms with E-state index in [2.05, 4.69) is 13.8 Å². The molecule has 0 heterocycles. The molecule has 0 bridgehead atoms. The minimum atomic E-state index is -2.30. The topological polar surface area (TPSA) is 0 Å². The van der Waals surface area contributed by atoms with Gasteiger partial charge in [-0.05, 0) is 12.3 Å². The minimum absolute atomic E-state index is 0.139. The van der Waals surface area contributed by atoms with Crippen molar-refractivity contribution in [1.82, 2.24) is 0 Å². The summed E-state index contributed by atoms with van der Waals surface area (Å²) in [5.41, 5.74) is 0. The number of rotatable bonds is 3. The quantitative estimate of drug-likeness (QED) is 0.577. The van der Waals surface area contributed by atoms with E-state index >= 15 is 0 Å². The van der Waals surface area contributed by atoms with Crippen LogP contribution >= 0.6 is 0 Å². The van der Waals surface area contributed by atoms with Crippen LogP contribution in [0.15, 0.2) is 0 Å². The first-order valence-electron chi connectivity index (χ1n) is 3.90. The van der Waals surface area contributed by atoms with Gasteiger partial charge in [0.05, 0.1) is 0 Å². The van der Waals surface area contributed by atoms with Gasteiger partial charge in [0.2, 0.25) is 0 Å². The van der Waals surface area contributed by atoms with Crippen molar-refractivity contribution >= 4 is 0 Å². The van der Waals surface area contributed by atoms with E-state index in [1.165, 1.54) is 0 Å². The Kier molecular flexibility index (Phi) is 1.97. The molecule has 1 atom stereocenters. The van der Waals surface area contributed by atoms with Crippen molar-refractivity contribution < 1.29 is 8.78 Å². The molecule has 1 aliphatic carbocycles. The van der Waals surface area contributed by atoms with Gasteiger partial charge >= 0.3 is 0 Å². The molecular weight excluding hydrogens is 134 g/mol. The third-order valence-electron chi connectivity index (χ3n) is 2.05. The van der Waals surface area contributed by atoms with E-state index in [1.54, 1.807) is 0 Å². The van der Waals surface area contributed by atoms with Crippen molar-refractivity contribution in [3.05, 3.63) is 0 Å². The van der Waals surface area contributed by atoms with Crippen molar-refractivity contribution in [1.29, 1.82) is 0 Å². The highest BCUT2D eigenvalue weighted by atomic mass is 19.3. The summed E-state index contributed by atoms with van der Waals surface area (Å²) < 4.78 is 24.5. The van der Waals surface area contributed by atoms with Crippen molar-refractivity contribution in [3.63, 3.8) is 0 Å². The Balaban J connectivity index is 2.07. The maximum atomic E-state index is 12.2. The SMILES string of the molecule is CC(C)CCC1CC1(F)F. The van der Waals surface area contributed by atoms with Crippen LogP contribution in [-0.2, 0) is 0 Å². The molecule has 1 aliphatic rings. The molecule has 0 aromatic carbocycles. The maximum absolute atomic E-state index is 12.2. The number of hydrogen-bond donors (Lipinski definition) is 0. The van der Waals surface area contributed by atoms with Crippen LogP contribution < -0.4 is 0 Å². The molecule has 2 heteroatoms. The van der Waals surface area contributed by atoms with E-state index in [4.69, 9.17) is 0 Å². The summed E-state index contributed by atoms with van der Waals surface area (Å²) in [5, 5.41) is 0. The first-order chi connectivity index (χ1) is 4.52. The zero-order valence-corrected chi connectivity index (χ0v) is 6.53. The van der Waals surface area contributed by atoms with Crippen molar-refractivity contribution in [2.75, 3.05) is 0 Å². The second kappa shape index (κ2) is 2.48. The summed E-state index contributed by atoms with van der Waals surface area (Å²) in [5.74, 6) is -2.01. The van der Waals surface area contributed by atoms with E-state index in [1.807, 2.05) is 0 Å². The highest BCUT2D eigenvalue weighted by molar-refractivity contribution is 4.94. The van der Waals surface area contributed by atoms with E-state index < -0.39 is 5.92 Å². The summed E-state index contributed by atoms with van der Waals surface area (Å²) in [6, 6.07) is 0. The van der Waals surface area contributed by atoms with Crippen molar-refractivity contribution in [2.45, 2.75) is 39.0 Å². The zero-order valence-electron chi connectivity index (χ0n) is 6.53. The fourth-order valence-electron chi connectivity index (χ4n) is 1.12. The van der Waals surface area contributed by atoms with Crippen molar-refractivity contribution in [2.24, 2.45) is 11.8 Å². The van der Waals surface area contributed by atoms with Gasteiger partial charge < -0.3 is 0 Å². The van der Waals surface area contributed by atoms with Gasteiger partial charge in [-0.2, -0.15) is 0 Å². The van der Waals surface area contributed by atoms with Gasteiger partial charge in [0.1, 0.15) is 0 Å². The van der Waals surface area contributed by atoms with Gasteiger partial charge in [-0.25, -0.2) is 8.78 Å². The molecule has 0 saturated heterocycles. The van der Waals surface area contributed by atoms with Crippen LogP contribution in [0.25, 0.3) is 0 Å². The highest BCUT2D eigenvalue weighted by Gasteiger charge is 2.55. The van der Waals surface area contributed by atoms with E-state index in [-0.39, 0.29) is 12.3 Å². The minimum Gasteiger partial charge on any atom is -0.207 e. The van der Waals surface area contributed by atoms with Crippen molar-refractivity contribution in [3.8, 4) is 0 Å². The molecule has 0 spiro atoms. The molecule has 0 radical (unpaired) electrons. The first-order valence-corrected chi connectivity index (χ1v) is 3.90. The highest BCUT2D eigenvalue weighted by Crippen LogP contribution is 2.51. The standard InChI is InChI=1S/C8H14F2/c1-6(2)3-4-7-5-8(7,9)10/h6-7H,3-5H2,1-2H3. The molecular formula is C8H14F2. The number of alkyl halides is 2. The van der Waals surface area contributed by atoms with E-state index in [0.29, 0.717) is 12.3 Å². The Labute approximate surface area is 60.6 Å². The predicted molar refractivity (Wildman–Crippen MR) is 37.1 cm³/mol. The van der Waals surface area contributed by atoms with Gasteiger partial charge in [-0.1, -0.05) is 20.3 Å². The summed E-state index contributed by atoms with van der Waals surface area (Å²) in [6.45, 7) is 4.14. The van der Waals surface area contributed by atoms with E-state index in [9.17, 15) is 8.78 Å². The van der Waals surface area contributed by atoms with Gasteiger partial charge in [0.25, 0.3) is 5.92 Å². The lowest BCUT2D eigenvalue weighted by atomic mass is 10.1. The van der Waals surface area contributed by atoms with Crippen LogP contribution in [0.4, 0.5) is 8.78 Å². The fourth-order valence-corrected chi connectivity index (χ4v) is 1.12. The fraction of sp³-hybridized carbons (Fsp3) is 1.00. The Morgan fingerprint density at radius 1 is 1.50 bits per heavy atom. The molecule has 0 N–H and O–H groups in total. The van der Waals surface area contributed by atoms with Crippen LogP contribution in [0.5, 0.6) is 0 Å². The number of halogens is 2. The lowest BCUT2D eigenvalue weighted by molar-refractivity contribution is 0.0958. The van der Waals surface area contributed by atoms with Crippen LogP contribution in [0, 0.1) is 11.8 Å². The van der Waals surface area contributed by atoms with Crippen LogP contribution in [0.3, 0.4) is 0 Å². The van der Waals surface area contributed by atoms with Crippen LogP contribution in [0.1, 0.15) is 33.1 Å². The lowest BCUT2D eigenvalue weighted by Gasteiger charge is -2.01. The van der Waals surface area contributed by atoms with Gasteiger partial charge in [0, 0.05) is 12.3 Å². The van der Waals surface area contributed by atoms with Gasteiger partial charge in [-0.15, -0.1) is 0 Å². The molecule has 1 unspecified atom stereocenters. The summed E-state index contributed by atoms with van der Waals surface area (Å²) in [7, 11) is 0. The third kappa shape index (κ3) is 1.93. The lowest BCUT2D eigenvalue weighted by Crippen LogP contribution is -1.95. The van der Waals surface area contributed by atoms with Gasteiger partial charge in [0.15, 0.2) is 0 Å². The van der Waals surface area contributed by atoms with Crippen LogP contribution in [0.2, 0.25) is 0 Å². The normalized spacial score (nSPS) is 29.1. The Morgan fingerprint density at radius 2 is 2.00 bits per heavy atom. The monoisotopic (exact) mass is 148 g/mol. The smallest absolute Gasteiger partial charge is 0.207 e. The molecule has 0 aliphatic heterocycles. The molecule has 0 aromatic heterocycles. The number of hydrogen-bond acceptors (Lipinski definition) is 0. The molecule has 1 fully saturated rings. The predicted octanol–water partition coefficient (Wildman–Crippen LogP) is 3.08. The third-order valence-corrected chi connectivity index (χ3v) is 2.05. The second-order valence-electron chi connectivity index (χ2n) is 3.63. The Hall–Kier alpha value is -0.140. The van der Waals surface area contributed by atoms with Crippen LogP contribution in [-0.4, -0.2) is 5.92 Å². The molecule has 0 aromatic rings. The zero-order chi connectivity index (χ0) is 7.78. The first kappa shape index (κ1) is 7.96. The molecule has 1 rings (SSSR count).